The van der Waals surface area contributed by atoms with E-state index >= 15 is 0 Å². The number of hydrogen-bond donors (Lipinski definition) is 1. The summed E-state index contributed by atoms with van der Waals surface area (Å²) in [6.07, 6.45) is 7.89. The van der Waals surface area contributed by atoms with Crippen molar-refractivity contribution in [2.45, 2.75) is 70.5 Å². The van der Waals surface area contributed by atoms with Gasteiger partial charge >= 0.3 is 6.09 Å². The zero-order valence-corrected chi connectivity index (χ0v) is 24.8. The van der Waals surface area contributed by atoms with Crippen LogP contribution in [0.3, 0.4) is 0 Å². The van der Waals surface area contributed by atoms with E-state index < -0.39 is 0 Å². The Kier molecular flexibility index (Phi) is 8.58. The number of carbonyl (C=O) groups excluding carboxylic acids is 2. The van der Waals surface area contributed by atoms with Crippen molar-refractivity contribution in [1.82, 2.24) is 24.7 Å². The Morgan fingerprint density at radius 2 is 1.76 bits per heavy atom. The number of amides is 2. The number of rotatable bonds is 7. The van der Waals surface area contributed by atoms with Crippen molar-refractivity contribution in [3.05, 3.63) is 70.9 Å². The number of carbonyl (C=O) groups is 2. The monoisotopic (exact) mass is 573 g/mol. The molecule has 0 radical (unpaired) electrons. The van der Waals surface area contributed by atoms with Gasteiger partial charge in [0.25, 0.3) is 5.91 Å². The highest BCUT2D eigenvalue weighted by Gasteiger charge is 2.37. The van der Waals surface area contributed by atoms with E-state index in [1.165, 1.54) is 17.5 Å². The minimum absolute atomic E-state index is 0.000695. The minimum atomic E-state index is -0.342. The predicted octanol–water partition coefficient (Wildman–Crippen LogP) is 4.30. The standard InChI is InChI=1S/C33H43N5O4/c1-22-31(23(2)35-21-34-22)32(40)38-19-26-17-36(18-27(26)20-38)13-12-30(24-6-4-3-5-7-24)25-10-14-37(15-11-25)33(41)42-29-9-8-28(39)16-29/h3-7,19,21,25,27-30,39H,8-18,20H2,1-2H3. The summed E-state index contributed by atoms with van der Waals surface area (Å²) in [5.74, 6) is 1.33. The number of benzene rings is 1. The van der Waals surface area contributed by atoms with Crippen molar-refractivity contribution >= 4 is 12.0 Å². The van der Waals surface area contributed by atoms with Crippen molar-refractivity contribution in [3.8, 4) is 0 Å². The predicted molar refractivity (Wildman–Crippen MR) is 159 cm³/mol. The number of hydrogen-bond acceptors (Lipinski definition) is 7. The molecule has 42 heavy (non-hydrogen) atoms. The normalized spacial score (nSPS) is 25.4. The first kappa shape index (κ1) is 28.8. The molecule has 0 bridgehead atoms. The molecule has 1 saturated carbocycles. The van der Waals surface area contributed by atoms with Gasteiger partial charge < -0.3 is 19.6 Å². The topological polar surface area (TPSA) is 99.1 Å². The van der Waals surface area contributed by atoms with Gasteiger partial charge in [0.05, 0.1) is 23.1 Å². The number of fused-ring (bicyclic) bond motifs is 1. The summed E-state index contributed by atoms with van der Waals surface area (Å²) in [5.41, 5.74) is 4.80. The highest BCUT2D eigenvalue weighted by atomic mass is 16.6. The summed E-state index contributed by atoms with van der Waals surface area (Å²) < 4.78 is 5.70. The average Bonchev–Trinajstić information content (AvgIpc) is 3.69. The number of aliphatic hydroxyl groups is 1. The largest absolute Gasteiger partial charge is 0.446 e. The van der Waals surface area contributed by atoms with Gasteiger partial charge in [0.1, 0.15) is 12.4 Å². The Bertz CT molecular complexity index is 1290. The van der Waals surface area contributed by atoms with E-state index in [2.05, 4.69) is 51.4 Å². The second-order valence-corrected chi connectivity index (χ2v) is 12.6. The second-order valence-electron chi connectivity index (χ2n) is 12.6. The Hall–Kier alpha value is -3.30. The highest BCUT2D eigenvalue weighted by molar-refractivity contribution is 5.97. The van der Waals surface area contributed by atoms with E-state index in [0.29, 0.717) is 36.2 Å². The van der Waals surface area contributed by atoms with Crippen LogP contribution < -0.4 is 0 Å². The first-order chi connectivity index (χ1) is 20.4. The second kappa shape index (κ2) is 12.5. The van der Waals surface area contributed by atoms with Crippen LogP contribution in [-0.4, -0.2) is 93.3 Å². The number of piperidine rings is 1. The van der Waals surface area contributed by atoms with Crippen molar-refractivity contribution in [3.63, 3.8) is 0 Å². The lowest BCUT2D eigenvalue weighted by Crippen LogP contribution is -2.41. The molecule has 2 saturated heterocycles. The van der Waals surface area contributed by atoms with Gasteiger partial charge in [0, 0.05) is 51.3 Å². The van der Waals surface area contributed by atoms with Crippen LogP contribution in [0.25, 0.3) is 0 Å². The van der Waals surface area contributed by atoms with E-state index in [1.54, 1.807) is 0 Å². The molecule has 1 aromatic carbocycles. The average molecular weight is 574 g/mol. The third-order valence-corrected chi connectivity index (χ3v) is 9.82. The molecule has 9 heteroatoms. The molecule has 2 aromatic rings. The Morgan fingerprint density at radius 1 is 1.02 bits per heavy atom. The van der Waals surface area contributed by atoms with Gasteiger partial charge in [0.2, 0.25) is 0 Å². The van der Waals surface area contributed by atoms with E-state index in [4.69, 9.17) is 4.74 Å². The summed E-state index contributed by atoms with van der Waals surface area (Å²) in [4.78, 5) is 40.7. The first-order valence-electron chi connectivity index (χ1n) is 15.6. The maximum atomic E-state index is 13.3. The van der Waals surface area contributed by atoms with E-state index in [1.807, 2.05) is 23.6 Å². The molecule has 4 aliphatic rings. The third kappa shape index (κ3) is 6.22. The third-order valence-electron chi connectivity index (χ3n) is 9.82. The van der Waals surface area contributed by atoms with Crippen molar-refractivity contribution < 1.29 is 19.4 Å². The molecule has 0 spiro atoms. The Balaban J connectivity index is 1.04. The lowest BCUT2D eigenvalue weighted by molar-refractivity contribution is 0.0474. The molecular formula is C33H43N5O4. The van der Waals surface area contributed by atoms with Crippen molar-refractivity contribution in [2.24, 2.45) is 11.8 Å². The van der Waals surface area contributed by atoms with Crippen LogP contribution in [0, 0.1) is 25.7 Å². The molecule has 4 unspecified atom stereocenters. The molecule has 3 fully saturated rings. The highest BCUT2D eigenvalue weighted by Crippen LogP contribution is 2.37. The smallest absolute Gasteiger partial charge is 0.410 e. The van der Waals surface area contributed by atoms with Gasteiger partial charge in [-0.25, -0.2) is 14.8 Å². The summed E-state index contributed by atoms with van der Waals surface area (Å²) in [6, 6.07) is 10.8. The van der Waals surface area contributed by atoms with Crippen LogP contribution in [0.5, 0.6) is 0 Å². The Morgan fingerprint density at radius 3 is 2.43 bits per heavy atom. The van der Waals surface area contributed by atoms with Crippen LogP contribution in [-0.2, 0) is 4.74 Å². The molecule has 3 aliphatic heterocycles. The van der Waals surface area contributed by atoms with Gasteiger partial charge in [-0.05, 0) is 75.5 Å². The van der Waals surface area contributed by atoms with Crippen LogP contribution >= 0.6 is 0 Å². The number of aryl methyl sites for hydroxylation is 2. The maximum Gasteiger partial charge on any atom is 0.410 e. The summed E-state index contributed by atoms with van der Waals surface area (Å²) in [7, 11) is 0. The molecule has 9 nitrogen and oxygen atoms in total. The number of aromatic nitrogens is 2. The summed E-state index contributed by atoms with van der Waals surface area (Å²) in [6.45, 7) is 8.78. The molecule has 1 aliphatic carbocycles. The van der Waals surface area contributed by atoms with Gasteiger partial charge in [-0.3, -0.25) is 9.69 Å². The number of ether oxygens (including phenoxy) is 1. The number of nitrogens with zero attached hydrogens (tertiary/aromatic N) is 5. The van der Waals surface area contributed by atoms with E-state index in [0.717, 1.165) is 76.3 Å². The fourth-order valence-corrected chi connectivity index (χ4v) is 7.47. The minimum Gasteiger partial charge on any atom is -0.446 e. The maximum absolute atomic E-state index is 13.3. The molecule has 224 valence electrons. The SMILES string of the molecule is Cc1ncnc(C)c1C(=O)N1C=C2CN(CCC(c3ccccc3)C3CCN(C(=O)OC4CCC(O)C4)CC3)CC2C1. The zero-order valence-electron chi connectivity index (χ0n) is 24.8. The molecule has 4 heterocycles. The molecule has 1 aromatic heterocycles. The lowest BCUT2D eigenvalue weighted by atomic mass is 9.78. The Labute approximate surface area is 248 Å². The zero-order chi connectivity index (χ0) is 29.2. The van der Waals surface area contributed by atoms with Gasteiger partial charge in [0.15, 0.2) is 0 Å². The lowest BCUT2D eigenvalue weighted by Gasteiger charge is -2.37. The van der Waals surface area contributed by atoms with Crippen LogP contribution in [0.2, 0.25) is 0 Å². The van der Waals surface area contributed by atoms with Crippen molar-refractivity contribution in [1.29, 1.82) is 0 Å². The van der Waals surface area contributed by atoms with Crippen LogP contribution in [0.4, 0.5) is 4.79 Å². The molecule has 1 N–H and O–H groups in total. The molecule has 6 rings (SSSR count). The number of aliphatic hydroxyl groups excluding tert-OH is 1. The fraction of sp³-hybridized carbons (Fsp3) is 0.576. The fourth-order valence-electron chi connectivity index (χ4n) is 7.47. The van der Waals surface area contributed by atoms with Gasteiger partial charge in [-0.1, -0.05) is 30.3 Å². The number of likely N-dealkylation sites (tertiary alicyclic amines) is 2. The van der Waals surface area contributed by atoms with Crippen LogP contribution in [0.15, 0.2) is 48.4 Å². The molecular weight excluding hydrogens is 530 g/mol. The first-order valence-corrected chi connectivity index (χ1v) is 15.6. The quantitative estimate of drug-likeness (QED) is 0.527. The van der Waals surface area contributed by atoms with Crippen LogP contribution in [0.1, 0.15) is 71.8 Å². The summed E-state index contributed by atoms with van der Waals surface area (Å²) in [5, 5.41) is 9.77. The van der Waals surface area contributed by atoms with E-state index in [-0.39, 0.29) is 24.2 Å². The summed E-state index contributed by atoms with van der Waals surface area (Å²) >= 11 is 0. The van der Waals surface area contributed by atoms with Gasteiger partial charge in [-0.15, -0.1) is 0 Å². The van der Waals surface area contributed by atoms with E-state index in [9.17, 15) is 14.7 Å². The molecule has 4 atom stereocenters. The van der Waals surface area contributed by atoms with Gasteiger partial charge in [-0.2, -0.15) is 0 Å². The molecule has 2 amide bonds. The van der Waals surface area contributed by atoms with Crippen molar-refractivity contribution in [2.75, 3.05) is 39.3 Å².